The number of hydrogen-bond acceptors (Lipinski definition) is 5. The Labute approximate surface area is 109 Å². The summed E-state index contributed by atoms with van der Waals surface area (Å²) in [6.45, 7) is 1.43. The molecule has 0 saturated heterocycles. The molecule has 0 spiro atoms. The molecule has 1 aliphatic rings. The lowest BCUT2D eigenvalue weighted by Gasteiger charge is -1.99. The second-order valence-corrected chi connectivity index (χ2v) is 5.66. The normalized spacial score (nSPS) is 14.9. The largest absolute Gasteiger partial charge is 0.394 e. The lowest BCUT2D eigenvalue weighted by atomic mass is 10.4. The summed E-state index contributed by atoms with van der Waals surface area (Å²) in [5.74, 6) is 0.732. The SMILES string of the molecule is OCCn1cc(NCc2cnc(C3CC3)s2)cn1. The summed E-state index contributed by atoms with van der Waals surface area (Å²) in [5, 5.41) is 17.6. The summed E-state index contributed by atoms with van der Waals surface area (Å²) < 4.78 is 1.73. The van der Waals surface area contributed by atoms with Crippen molar-refractivity contribution < 1.29 is 5.11 Å². The Morgan fingerprint density at radius 1 is 1.44 bits per heavy atom. The Morgan fingerprint density at radius 2 is 2.33 bits per heavy atom. The fourth-order valence-corrected chi connectivity index (χ4v) is 2.82. The molecule has 1 aliphatic carbocycles. The molecule has 3 rings (SSSR count). The summed E-state index contributed by atoms with van der Waals surface area (Å²) in [4.78, 5) is 5.71. The molecular weight excluding hydrogens is 248 g/mol. The highest BCUT2D eigenvalue weighted by molar-refractivity contribution is 7.11. The van der Waals surface area contributed by atoms with Gasteiger partial charge in [-0.05, 0) is 12.8 Å². The molecule has 18 heavy (non-hydrogen) atoms. The Hall–Kier alpha value is -1.40. The van der Waals surface area contributed by atoms with Crippen LogP contribution in [-0.4, -0.2) is 26.5 Å². The van der Waals surface area contributed by atoms with Gasteiger partial charge >= 0.3 is 0 Å². The van der Waals surface area contributed by atoms with Crippen LogP contribution in [0.5, 0.6) is 0 Å². The lowest BCUT2D eigenvalue weighted by molar-refractivity contribution is 0.269. The molecule has 0 radical (unpaired) electrons. The molecule has 0 aliphatic heterocycles. The first-order valence-electron chi connectivity index (χ1n) is 6.17. The molecule has 0 unspecified atom stereocenters. The molecule has 1 fully saturated rings. The van der Waals surface area contributed by atoms with Crippen LogP contribution < -0.4 is 5.32 Å². The number of hydrogen-bond donors (Lipinski definition) is 2. The first kappa shape index (κ1) is 11.7. The minimum atomic E-state index is 0.112. The molecule has 96 valence electrons. The van der Waals surface area contributed by atoms with Crippen molar-refractivity contribution in [1.82, 2.24) is 14.8 Å². The molecule has 6 heteroatoms. The number of anilines is 1. The summed E-state index contributed by atoms with van der Waals surface area (Å²) >= 11 is 1.80. The van der Waals surface area contributed by atoms with Gasteiger partial charge in [-0.3, -0.25) is 4.68 Å². The van der Waals surface area contributed by atoms with Gasteiger partial charge in [0.05, 0.1) is 36.6 Å². The van der Waals surface area contributed by atoms with Gasteiger partial charge in [0.2, 0.25) is 0 Å². The van der Waals surface area contributed by atoms with Crippen molar-refractivity contribution in [3.8, 4) is 0 Å². The van der Waals surface area contributed by atoms with Crippen LogP contribution in [0.25, 0.3) is 0 Å². The van der Waals surface area contributed by atoms with Gasteiger partial charge in [0.25, 0.3) is 0 Å². The molecule has 2 N–H and O–H groups in total. The molecule has 0 amide bonds. The number of aliphatic hydroxyl groups is 1. The topological polar surface area (TPSA) is 63.0 Å². The van der Waals surface area contributed by atoms with E-state index >= 15 is 0 Å². The van der Waals surface area contributed by atoms with E-state index in [2.05, 4.69) is 15.4 Å². The molecule has 5 nitrogen and oxygen atoms in total. The number of rotatable bonds is 6. The highest BCUT2D eigenvalue weighted by Crippen LogP contribution is 2.41. The molecular formula is C12H16N4OS. The van der Waals surface area contributed by atoms with Crippen molar-refractivity contribution in [3.05, 3.63) is 28.5 Å². The van der Waals surface area contributed by atoms with Crippen molar-refractivity contribution in [2.75, 3.05) is 11.9 Å². The summed E-state index contributed by atoms with van der Waals surface area (Å²) in [7, 11) is 0. The van der Waals surface area contributed by atoms with Crippen LogP contribution in [0.2, 0.25) is 0 Å². The third-order valence-electron chi connectivity index (χ3n) is 2.93. The number of aromatic nitrogens is 3. The fraction of sp³-hybridized carbons (Fsp3) is 0.500. The third kappa shape index (κ3) is 2.70. The molecule has 0 aromatic carbocycles. The van der Waals surface area contributed by atoms with Crippen molar-refractivity contribution in [1.29, 1.82) is 0 Å². The smallest absolute Gasteiger partial charge is 0.0959 e. The van der Waals surface area contributed by atoms with E-state index in [1.807, 2.05) is 12.4 Å². The van der Waals surface area contributed by atoms with Crippen LogP contribution in [0, 0.1) is 0 Å². The van der Waals surface area contributed by atoms with E-state index in [0.717, 1.165) is 18.2 Å². The van der Waals surface area contributed by atoms with E-state index in [0.29, 0.717) is 6.54 Å². The molecule has 2 aromatic rings. The molecule has 0 bridgehead atoms. The van der Waals surface area contributed by atoms with E-state index in [1.165, 1.54) is 22.7 Å². The molecule has 0 atom stereocenters. The Balaban J connectivity index is 1.55. The number of thiazole rings is 1. The van der Waals surface area contributed by atoms with Gasteiger partial charge in [0, 0.05) is 23.2 Å². The van der Waals surface area contributed by atoms with Crippen LogP contribution in [-0.2, 0) is 13.1 Å². The summed E-state index contributed by atoms with van der Waals surface area (Å²) in [6, 6.07) is 0. The predicted octanol–water partition coefficient (Wildman–Crippen LogP) is 1.82. The Kier molecular flexibility index (Phi) is 3.29. The van der Waals surface area contributed by atoms with Gasteiger partial charge < -0.3 is 10.4 Å². The van der Waals surface area contributed by atoms with E-state index in [4.69, 9.17) is 5.11 Å². The van der Waals surface area contributed by atoms with Crippen molar-refractivity contribution in [2.45, 2.75) is 31.8 Å². The fourth-order valence-electron chi connectivity index (χ4n) is 1.79. The van der Waals surface area contributed by atoms with Crippen LogP contribution in [0.3, 0.4) is 0 Å². The summed E-state index contributed by atoms with van der Waals surface area (Å²) in [6.07, 6.45) is 8.24. The number of nitrogens with one attached hydrogen (secondary N) is 1. The number of nitrogens with zero attached hydrogens (tertiary/aromatic N) is 3. The van der Waals surface area contributed by atoms with Crippen LogP contribution >= 0.6 is 11.3 Å². The van der Waals surface area contributed by atoms with E-state index in [9.17, 15) is 0 Å². The lowest BCUT2D eigenvalue weighted by Crippen LogP contribution is -2.01. The Bertz CT molecular complexity index is 518. The van der Waals surface area contributed by atoms with Gasteiger partial charge in [0.15, 0.2) is 0 Å². The second-order valence-electron chi connectivity index (χ2n) is 4.51. The zero-order valence-corrected chi connectivity index (χ0v) is 10.9. The summed E-state index contributed by atoms with van der Waals surface area (Å²) in [5.41, 5.74) is 0.977. The first-order chi connectivity index (χ1) is 8.85. The standard InChI is InChI=1S/C12H16N4OS/c17-4-3-16-8-10(5-15-16)13-6-11-7-14-12(18-11)9-1-2-9/h5,7-9,13,17H,1-4,6H2. The van der Waals surface area contributed by atoms with Gasteiger partial charge in [-0.1, -0.05) is 0 Å². The Morgan fingerprint density at radius 3 is 3.11 bits per heavy atom. The number of aliphatic hydroxyl groups excluding tert-OH is 1. The highest BCUT2D eigenvalue weighted by atomic mass is 32.1. The van der Waals surface area contributed by atoms with E-state index in [-0.39, 0.29) is 6.61 Å². The maximum Gasteiger partial charge on any atom is 0.0959 e. The van der Waals surface area contributed by atoms with Crippen molar-refractivity contribution in [3.63, 3.8) is 0 Å². The van der Waals surface area contributed by atoms with E-state index < -0.39 is 0 Å². The molecule has 1 saturated carbocycles. The van der Waals surface area contributed by atoms with E-state index in [1.54, 1.807) is 22.2 Å². The second kappa shape index (κ2) is 5.07. The van der Waals surface area contributed by atoms with Crippen molar-refractivity contribution in [2.24, 2.45) is 0 Å². The average Bonchev–Trinajstić information content (AvgIpc) is 2.95. The minimum absolute atomic E-state index is 0.112. The highest BCUT2D eigenvalue weighted by Gasteiger charge is 2.26. The monoisotopic (exact) mass is 264 g/mol. The zero-order valence-electron chi connectivity index (χ0n) is 10.0. The molecule has 2 heterocycles. The maximum absolute atomic E-state index is 8.81. The van der Waals surface area contributed by atoms with Gasteiger partial charge in [0.1, 0.15) is 0 Å². The van der Waals surface area contributed by atoms with Gasteiger partial charge in [-0.25, -0.2) is 4.98 Å². The van der Waals surface area contributed by atoms with Crippen LogP contribution in [0.15, 0.2) is 18.6 Å². The zero-order chi connectivity index (χ0) is 12.4. The van der Waals surface area contributed by atoms with Gasteiger partial charge in [-0.2, -0.15) is 5.10 Å². The third-order valence-corrected chi connectivity index (χ3v) is 4.09. The van der Waals surface area contributed by atoms with Crippen molar-refractivity contribution >= 4 is 17.0 Å². The van der Waals surface area contributed by atoms with Crippen LogP contribution in [0.1, 0.15) is 28.6 Å². The average molecular weight is 264 g/mol. The molecule has 2 aromatic heterocycles. The first-order valence-corrected chi connectivity index (χ1v) is 6.98. The quantitative estimate of drug-likeness (QED) is 0.835. The predicted molar refractivity (Wildman–Crippen MR) is 70.7 cm³/mol. The van der Waals surface area contributed by atoms with Crippen LogP contribution in [0.4, 0.5) is 5.69 Å². The van der Waals surface area contributed by atoms with Gasteiger partial charge in [-0.15, -0.1) is 11.3 Å². The maximum atomic E-state index is 8.81. The minimum Gasteiger partial charge on any atom is -0.394 e.